The number of nitrogens with zero attached hydrogens (tertiary/aromatic N) is 3. The van der Waals surface area contributed by atoms with Crippen LogP contribution in [-0.2, 0) is 9.59 Å². The number of pyridine rings is 1. The zero-order chi connectivity index (χ0) is 22.5. The third kappa shape index (κ3) is 4.21. The molecule has 2 aliphatic heterocycles. The van der Waals surface area contributed by atoms with Gasteiger partial charge in [0.05, 0.1) is 11.9 Å². The largest absolute Gasteiger partial charge is 0.350 e. The summed E-state index contributed by atoms with van der Waals surface area (Å²) < 4.78 is 0. The van der Waals surface area contributed by atoms with E-state index in [1.54, 1.807) is 6.20 Å². The minimum atomic E-state index is 0.105. The molecule has 2 aliphatic carbocycles. The summed E-state index contributed by atoms with van der Waals surface area (Å²) in [6.45, 7) is 0. The van der Waals surface area contributed by atoms with Crippen LogP contribution in [0.15, 0.2) is 42.6 Å². The second-order valence-electron chi connectivity index (χ2n) is 10.0. The van der Waals surface area contributed by atoms with Crippen molar-refractivity contribution < 1.29 is 9.59 Å². The molecule has 2 aromatic rings. The normalized spacial score (nSPS) is 26.2. The van der Waals surface area contributed by atoms with Gasteiger partial charge < -0.3 is 15.1 Å². The molecule has 4 aliphatic rings. The number of piperidine rings is 1. The number of fused-ring (bicyclic) bond motifs is 2. The van der Waals surface area contributed by atoms with Crippen molar-refractivity contribution in [1.82, 2.24) is 4.98 Å². The van der Waals surface area contributed by atoms with Crippen LogP contribution >= 0.6 is 11.6 Å². The predicted octanol–water partition coefficient (Wildman–Crippen LogP) is 5.03. The Kier molecular flexibility index (Phi) is 5.28. The molecule has 3 heterocycles. The van der Waals surface area contributed by atoms with Gasteiger partial charge in [0.1, 0.15) is 5.82 Å². The molecule has 0 spiro atoms. The predicted molar refractivity (Wildman–Crippen MR) is 130 cm³/mol. The van der Waals surface area contributed by atoms with Gasteiger partial charge in [-0.15, -0.1) is 0 Å². The van der Waals surface area contributed by atoms with Crippen molar-refractivity contribution in [2.24, 2.45) is 11.8 Å². The smallest absolute Gasteiger partial charge is 0.230 e. The first-order valence-corrected chi connectivity index (χ1v) is 12.6. The molecule has 2 saturated heterocycles. The van der Waals surface area contributed by atoms with Gasteiger partial charge in [0.25, 0.3) is 0 Å². The van der Waals surface area contributed by atoms with E-state index in [1.165, 1.54) is 0 Å². The lowest BCUT2D eigenvalue weighted by Crippen LogP contribution is -2.53. The van der Waals surface area contributed by atoms with Gasteiger partial charge in [-0.05, 0) is 87.8 Å². The number of aromatic nitrogens is 1. The number of carbonyl (C=O) groups is 2. The fourth-order valence-corrected chi connectivity index (χ4v) is 5.71. The SMILES string of the molecule is O=C(Nc1ccc(N2C3CCC2CC(N(C(=O)C2CC2)c2ccc(Cl)cc2)C3)nc1)C1CC1. The Morgan fingerprint density at radius 1 is 0.909 bits per heavy atom. The molecule has 6 nitrogen and oxygen atoms in total. The average molecular weight is 465 g/mol. The van der Waals surface area contributed by atoms with Crippen LogP contribution in [0.3, 0.4) is 0 Å². The van der Waals surface area contributed by atoms with E-state index in [1.807, 2.05) is 36.4 Å². The number of carbonyl (C=O) groups excluding carboxylic acids is 2. The molecule has 1 aromatic heterocycles. The van der Waals surface area contributed by atoms with Gasteiger partial charge in [0.2, 0.25) is 11.8 Å². The number of hydrogen-bond donors (Lipinski definition) is 1. The number of amides is 2. The molecule has 172 valence electrons. The van der Waals surface area contributed by atoms with Crippen LogP contribution in [0.2, 0.25) is 5.02 Å². The fraction of sp³-hybridized carbons (Fsp3) is 0.500. The summed E-state index contributed by atoms with van der Waals surface area (Å²) in [6.07, 6.45) is 9.89. The molecular formula is C26H29ClN4O2. The maximum atomic E-state index is 13.3. The lowest BCUT2D eigenvalue weighted by molar-refractivity contribution is -0.120. The van der Waals surface area contributed by atoms with E-state index in [4.69, 9.17) is 16.6 Å². The standard InChI is InChI=1S/C26H29ClN4O2/c27-18-5-8-20(9-6-18)31(26(33)17-3-4-17)23-13-21-10-11-22(14-23)30(21)24-12-7-19(15-28-24)29-25(32)16-1-2-16/h5-9,12,15-17,21-23H,1-4,10-11,13-14H2,(H,29,32). The Balaban J connectivity index is 1.19. The Morgan fingerprint density at radius 2 is 1.58 bits per heavy atom. The van der Waals surface area contributed by atoms with E-state index in [0.29, 0.717) is 17.1 Å². The average Bonchev–Trinajstić information content (AvgIpc) is 3.72. The molecule has 1 aromatic carbocycles. The first-order chi connectivity index (χ1) is 16.1. The van der Waals surface area contributed by atoms with E-state index in [2.05, 4.69) is 15.1 Å². The molecule has 7 heteroatoms. The van der Waals surface area contributed by atoms with Crippen LogP contribution < -0.4 is 15.1 Å². The van der Waals surface area contributed by atoms with E-state index >= 15 is 0 Å². The van der Waals surface area contributed by atoms with Gasteiger partial charge in [-0.25, -0.2) is 4.98 Å². The summed E-state index contributed by atoms with van der Waals surface area (Å²) in [5.41, 5.74) is 1.73. The van der Waals surface area contributed by atoms with Gasteiger partial charge in [0, 0.05) is 40.7 Å². The number of anilines is 3. The summed E-state index contributed by atoms with van der Waals surface area (Å²) >= 11 is 6.12. The second-order valence-corrected chi connectivity index (χ2v) is 10.5. The van der Waals surface area contributed by atoms with E-state index in [0.717, 1.165) is 68.6 Å². The van der Waals surface area contributed by atoms with Gasteiger partial charge in [-0.1, -0.05) is 11.6 Å². The first-order valence-electron chi connectivity index (χ1n) is 12.2. The fourth-order valence-electron chi connectivity index (χ4n) is 5.58. The summed E-state index contributed by atoms with van der Waals surface area (Å²) in [4.78, 5) is 34.5. The molecule has 1 N–H and O–H groups in total. The van der Waals surface area contributed by atoms with Crippen molar-refractivity contribution in [1.29, 1.82) is 0 Å². The third-order valence-electron chi connectivity index (χ3n) is 7.57. The molecule has 2 unspecified atom stereocenters. The van der Waals surface area contributed by atoms with Gasteiger partial charge in [0.15, 0.2) is 0 Å². The minimum absolute atomic E-state index is 0.105. The van der Waals surface area contributed by atoms with Crippen molar-refractivity contribution in [2.75, 3.05) is 15.1 Å². The van der Waals surface area contributed by atoms with E-state index in [9.17, 15) is 9.59 Å². The number of halogens is 1. The van der Waals surface area contributed by atoms with Gasteiger partial charge in [-0.3, -0.25) is 9.59 Å². The molecule has 33 heavy (non-hydrogen) atoms. The molecule has 2 atom stereocenters. The lowest BCUT2D eigenvalue weighted by atomic mass is 9.94. The molecule has 2 saturated carbocycles. The number of hydrogen-bond acceptors (Lipinski definition) is 4. The van der Waals surface area contributed by atoms with Crippen molar-refractivity contribution >= 4 is 40.6 Å². The molecule has 4 fully saturated rings. The van der Waals surface area contributed by atoms with Crippen LogP contribution in [0.1, 0.15) is 51.4 Å². The highest BCUT2D eigenvalue weighted by molar-refractivity contribution is 6.30. The van der Waals surface area contributed by atoms with Gasteiger partial charge in [-0.2, -0.15) is 0 Å². The summed E-state index contributed by atoms with van der Waals surface area (Å²) in [5.74, 6) is 1.70. The Morgan fingerprint density at radius 3 is 2.15 bits per heavy atom. The highest BCUT2D eigenvalue weighted by atomic mass is 35.5. The maximum absolute atomic E-state index is 13.3. The van der Waals surface area contributed by atoms with Crippen molar-refractivity contribution in [3.8, 4) is 0 Å². The Hall–Kier alpha value is -2.60. The van der Waals surface area contributed by atoms with E-state index < -0.39 is 0 Å². The maximum Gasteiger partial charge on any atom is 0.230 e. The van der Waals surface area contributed by atoms with Crippen molar-refractivity contribution in [3.05, 3.63) is 47.6 Å². The zero-order valence-corrected chi connectivity index (χ0v) is 19.4. The minimum Gasteiger partial charge on any atom is -0.350 e. The first kappa shape index (κ1) is 21.0. The monoisotopic (exact) mass is 464 g/mol. The van der Waals surface area contributed by atoms with Gasteiger partial charge >= 0.3 is 0 Å². The Bertz CT molecular complexity index is 1030. The third-order valence-corrected chi connectivity index (χ3v) is 7.82. The number of benzene rings is 1. The molecule has 0 radical (unpaired) electrons. The lowest BCUT2D eigenvalue weighted by Gasteiger charge is -2.44. The summed E-state index contributed by atoms with van der Waals surface area (Å²) in [7, 11) is 0. The number of rotatable bonds is 6. The quantitative estimate of drug-likeness (QED) is 0.651. The van der Waals surface area contributed by atoms with Crippen LogP contribution in [0, 0.1) is 11.8 Å². The topological polar surface area (TPSA) is 65.5 Å². The molecule has 2 amide bonds. The number of nitrogens with one attached hydrogen (secondary N) is 1. The second kappa shape index (κ2) is 8.32. The van der Waals surface area contributed by atoms with Crippen molar-refractivity contribution in [3.63, 3.8) is 0 Å². The molecular weight excluding hydrogens is 436 g/mol. The Labute approximate surface area is 199 Å². The van der Waals surface area contributed by atoms with Crippen LogP contribution in [0.5, 0.6) is 0 Å². The summed E-state index contributed by atoms with van der Waals surface area (Å²) in [5, 5.41) is 3.66. The van der Waals surface area contributed by atoms with Crippen LogP contribution in [-0.4, -0.2) is 34.9 Å². The molecule has 2 bridgehead atoms. The van der Waals surface area contributed by atoms with E-state index in [-0.39, 0.29) is 29.7 Å². The molecule has 6 rings (SSSR count). The van der Waals surface area contributed by atoms with Crippen LogP contribution in [0.4, 0.5) is 17.2 Å². The highest BCUT2D eigenvalue weighted by Crippen LogP contribution is 2.43. The highest BCUT2D eigenvalue weighted by Gasteiger charge is 2.46. The zero-order valence-electron chi connectivity index (χ0n) is 18.6. The summed E-state index contributed by atoms with van der Waals surface area (Å²) in [6, 6.07) is 12.6. The van der Waals surface area contributed by atoms with Crippen LogP contribution in [0.25, 0.3) is 0 Å². The van der Waals surface area contributed by atoms with Crippen molar-refractivity contribution in [2.45, 2.75) is 69.5 Å².